The topological polar surface area (TPSA) is 69.7 Å². The van der Waals surface area contributed by atoms with E-state index in [9.17, 15) is 14.4 Å². The first-order valence-electron chi connectivity index (χ1n) is 12.7. The SMILES string of the molecule is CCN(CC)c1ccc(NC(=O)C(Cc2ccccc2)N2C(=O)C3CCC(C)(C2=O)C3(C)C)cc1. The number of nitrogens with zero attached hydrogens (tertiary/aromatic N) is 2. The van der Waals surface area contributed by atoms with Gasteiger partial charge in [-0.15, -0.1) is 0 Å². The Morgan fingerprint density at radius 3 is 2.26 bits per heavy atom. The minimum atomic E-state index is -0.907. The van der Waals surface area contributed by atoms with Gasteiger partial charge in [-0.3, -0.25) is 19.3 Å². The number of anilines is 2. The second kappa shape index (κ2) is 9.48. The van der Waals surface area contributed by atoms with Gasteiger partial charge in [-0.25, -0.2) is 0 Å². The quantitative estimate of drug-likeness (QED) is 0.552. The molecule has 3 unspecified atom stereocenters. The Hall–Kier alpha value is -3.15. The van der Waals surface area contributed by atoms with Gasteiger partial charge in [0, 0.05) is 36.8 Å². The Morgan fingerprint density at radius 2 is 1.66 bits per heavy atom. The fourth-order valence-corrected chi connectivity index (χ4v) is 5.85. The second-order valence-electron chi connectivity index (χ2n) is 10.6. The van der Waals surface area contributed by atoms with E-state index in [2.05, 4.69) is 24.1 Å². The first-order chi connectivity index (χ1) is 16.6. The maximum absolute atomic E-state index is 13.8. The summed E-state index contributed by atoms with van der Waals surface area (Å²) in [5.74, 6) is -1.05. The summed E-state index contributed by atoms with van der Waals surface area (Å²) in [6.07, 6.45) is 1.63. The zero-order chi connectivity index (χ0) is 25.4. The molecule has 0 spiro atoms. The van der Waals surface area contributed by atoms with Crippen molar-refractivity contribution in [3.05, 3.63) is 60.2 Å². The van der Waals surface area contributed by atoms with Gasteiger partial charge in [0.15, 0.2) is 0 Å². The zero-order valence-electron chi connectivity index (χ0n) is 21.5. The summed E-state index contributed by atoms with van der Waals surface area (Å²) >= 11 is 0. The predicted octanol–water partition coefficient (Wildman–Crippen LogP) is 4.89. The van der Waals surface area contributed by atoms with Crippen LogP contribution in [-0.4, -0.2) is 41.8 Å². The number of fused-ring (bicyclic) bond motifs is 2. The number of carbonyl (C=O) groups is 3. The molecule has 35 heavy (non-hydrogen) atoms. The molecule has 3 amide bonds. The first kappa shape index (κ1) is 25.0. The van der Waals surface area contributed by atoms with Gasteiger partial charge in [-0.2, -0.15) is 0 Å². The van der Waals surface area contributed by atoms with E-state index in [1.807, 2.05) is 75.4 Å². The van der Waals surface area contributed by atoms with E-state index in [-0.39, 0.29) is 30.1 Å². The highest BCUT2D eigenvalue weighted by Crippen LogP contribution is 2.60. The number of likely N-dealkylation sites (tertiary alicyclic amines) is 1. The summed E-state index contributed by atoms with van der Waals surface area (Å²) in [5.41, 5.74) is 1.56. The highest BCUT2D eigenvalue weighted by Gasteiger charge is 2.65. The van der Waals surface area contributed by atoms with Gasteiger partial charge in [0.25, 0.3) is 0 Å². The summed E-state index contributed by atoms with van der Waals surface area (Å²) in [4.78, 5) is 44.7. The highest BCUT2D eigenvalue weighted by atomic mass is 16.2. The molecule has 2 bridgehead atoms. The third-order valence-electron chi connectivity index (χ3n) is 8.60. The van der Waals surface area contributed by atoms with E-state index < -0.39 is 16.9 Å². The fraction of sp³-hybridized carbons (Fsp3) is 0.483. The van der Waals surface area contributed by atoms with Crippen LogP contribution in [0.2, 0.25) is 0 Å². The van der Waals surface area contributed by atoms with Crippen LogP contribution in [0.1, 0.15) is 53.0 Å². The van der Waals surface area contributed by atoms with Gasteiger partial charge in [0.05, 0.1) is 5.41 Å². The Balaban J connectivity index is 1.64. The van der Waals surface area contributed by atoms with Crippen molar-refractivity contribution in [1.29, 1.82) is 0 Å². The van der Waals surface area contributed by atoms with E-state index in [1.54, 1.807) is 0 Å². The monoisotopic (exact) mass is 475 g/mol. The van der Waals surface area contributed by atoms with Crippen LogP contribution in [-0.2, 0) is 20.8 Å². The molecule has 0 radical (unpaired) electrons. The Bertz CT molecular complexity index is 1090. The fourth-order valence-electron chi connectivity index (χ4n) is 5.85. The van der Waals surface area contributed by atoms with Crippen LogP contribution in [0.4, 0.5) is 11.4 Å². The van der Waals surface area contributed by atoms with Crippen molar-refractivity contribution >= 4 is 29.1 Å². The number of benzene rings is 2. The van der Waals surface area contributed by atoms with Gasteiger partial charge in [-0.1, -0.05) is 51.1 Å². The lowest BCUT2D eigenvalue weighted by Crippen LogP contribution is -2.64. The van der Waals surface area contributed by atoms with Crippen LogP contribution in [0.5, 0.6) is 0 Å². The van der Waals surface area contributed by atoms with E-state index in [0.29, 0.717) is 18.5 Å². The lowest BCUT2D eigenvalue weighted by molar-refractivity contribution is -0.172. The van der Waals surface area contributed by atoms with Gasteiger partial charge >= 0.3 is 0 Å². The molecule has 0 aromatic heterocycles. The second-order valence-corrected chi connectivity index (χ2v) is 10.6. The highest BCUT2D eigenvalue weighted by molar-refractivity contribution is 6.09. The summed E-state index contributed by atoms with van der Waals surface area (Å²) in [7, 11) is 0. The van der Waals surface area contributed by atoms with Crippen LogP contribution < -0.4 is 10.2 Å². The third-order valence-corrected chi connectivity index (χ3v) is 8.60. The Kier molecular flexibility index (Phi) is 6.76. The molecule has 2 fully saturated rings. The molecule has 2 aromatic rings. The van der Waals surface area contributed by atoms with Crippen molar-refractivity contribution < 1.29 is 14.4 Å². The first-order valence-corrected chi connectivity index (χ1v) is 12.7. The minimum Gasteiger partial charge on any atom is -0.372 e. The summed E-state index contributed by atoms with van der Waals surface area (Å²) in [6, 6.07) is 16.4. The maximum atomic E-state index is 13.8. The van der Waals surface area contributed by atoms with Crippen LogP contribution in [0.25, 0.3) is 0 Å². The van der Waals surface area contributed by atoms with Gasteiger partial charge < -0.3 is 10.2 Å². The molecule has 3 atom stereocenters. The molecule has 1 saturated heterocycles. The molecule has 2 aliphatic rings. The molecule has 1 aliphatic heterocycles. The molecule has 1 N–H and O–H groups in total. The lowest BCUT2D eigenvalue weighted by Gasteiger charge is -2.49. The number of nitrogens with one attached hydrogen (secondary N) is 1. The number of piperidine rings is 1. The number of carbonyl (C=O) groups excluding carboxylic acids is 3. The smallest absolute Gasteiger partial charge is 0.248 e. The van der Waals surface area contributed by atoms with Gasteiger partial charge in [-0.05, 0) is 61.9 Å². The molecule has 6 heteroatoms. The predicted molar refractivity (Wildman–Crippen MR) is 139 cm³/mol. The largest absolute Gasteiger partial charge is 0.372 e. The molecule has 2 aromatic carbocycles. The minimum absolute atomic E-state index is 0.220. The average molecular weight is 476 g/mol. The van der Waals surface area contributed by atoms with Crippen molar-refractivity contribution in [2.75, 3.05) is 23.3 Å². The lowest BCUT2D eigenvalue weighted by atomic mass is 9.62. The number of amides is 3. The Morgan fingerprint density at radius 1 is 1.03 bits per heavy atom. The zero-order valence-corrected chi connectivity index (χ0v) is 21.5. The summed E-state index contributed by atoms with van der Waals surface area (Å²) in [6.45, 7) is 12.0. The van der Waals surface area contributed by atoms with Crippen molar-refractivity contribution in [3.8, 4) is 0 Å². The van der Waals surface area contributed by atoms with Crippen LogP contribution in [0, 0.1) is 16.7 Å². The van der Waals surface area contributed by atoms with Crippen molar-refractivity contribution in [1.82, 2.24) is 4.90 Å². The van der Waals surface area contributed by atoms with Crippen molar-refractivity contribution in [2.45, 2.75) is 59.9 Å². The molecule has 4 rings (SSSR count). The van der Waals surface area contributed by atoms with Crippen LogP contribution >= 0.6 is 0 Å². The van der Waals surface area contributed by atoms with E-state index >= 15 is 0 Å². The normalized spacial score (nSPS) is 23.8. The number of hydrogen-bond acceptors (Lipinski definition) is 4. The maximum Gasteiger partial charge on any atom is 0.248 e. The van der Waals surface area contributed by atoms with E-state index in [4.69, 9.17) is 0 Å². The molecule has 1 saturated carbocycles. The molecule has 1 aliphatic carbocycles. The molecule has 6 nitrogen and oxygen atoms in total. The molecular weight excluding hydrogens is 438 g/mol. The van der Waals surface area contributed by atoms with Crippen LogP contribution in [0.3, 0.4) is 0 Å². The van der Waals surface area contributed by atoms with Gasteiger partial charge in [0.2, 0.25) is 17.7 Å². The van der Waals surface area contributed by atoms with Crippen molar-refractivity contribution in [2.24, 2.45) is 16.7 Å². The summed E-state index contributed by atoms with van der Waals surface area (Å²) in [5, 5.41) is 2.98. The van der Waals surface area contributed by atoms with E-state index in [1.165, 1.54) is 4.90 Å². The number of imide groups is 1. The average Bonchev–Trinajstić information content (AvgIpc) is 3.03. The number of rotatable bonds is 8. The van der Waals surface area contributed by atoms with Crippen LogP contribution in [0.15, 0.2) is 54.6 Å². The van der Waals surface area contributed by atoms with Crippen molar-refractivity contribution in [3.63, 3.8) is 0 Å². The molecular formula is C29H37N3O3. The standard InChI is InChI=1S/C29H37N3O3/c1-6-31(7-2)22-15-13-21(14-16-22)30-25(33)24(19-20-11-9-8-10-12-20)32-26(34)23-17-18-29(5,27(32)35)28(23,3)4/h8-16,23-24H,6-7,17-19H2,1-5H3,(H,30,33). The van der Waals surface area contributed by atoms with E-state index in [0.717, 1.165) is 24.3 Å². The Labute approximate surface area is 208 Å². The molecule has 186 valence electrons. The summed E-state index contributed by atoms with van der Waals surface area (Å²) < 4.78 is 0. The molecule has 1 heterocycles. The van der Waals surface area contributed by atoms with Gasteiger partial charge in [0.1, 0.15) is 6.04 Å². The third kappa shape index (κ3) is 4.24. The number of hydrogen-bond donors (Lipinski definition) is 1.